The summed E-state index contributed by atoms with van der Waals surface area (Å²) >= 11 is 0. The first kappa shape index (κ1) is 20.7. The summed E-state index contributed by atoms with van der Waals surface area (Å²) in [5, 5.41) is 13.9. The smallest absolute Gasteiger partial charge is 0.270 e. The third kappa shape index (κ3) is 5.89. The van der Waals surface area contributed by atoms with Crippen LogP contribution < -0.4 is 15.8 Å². The number of nitrogens with two attached hydrogens (primary N) is 1. The highest BCUT2D eigenvalue weighted by molar-refractivity contribution is 14.0. The Balaban J connectivity index is 0.00000312. The van der Waals surface area contributed by atoms with Gasteiger partial charge in [-0.2, -0.15) is 0 Å². The quantitative estimate of drug-likeness (QED) is 0.235. The highest BCUT2D eigenvalue weighted by Crippen LogP contribution is 2.24. The average Bonchev–Trinajstić information content (AvgIpc) is 2.51. The third-order valence-corrected chi connectivity index (χ3v) is 3.39. The fourth-order valence-electron chi connectivity index (χ4n) is 2.41. The van der Waals surface area contributed by atoms with Crippen LogP contribution in [0.3, 0.4) is 0 Å². The number of nitrogens with zero attached hydrogens (tertiary/aromatic N) is 2. The van der Waals surface area contributed by atoms with Gasteiger partial charge in [0.25, 0.3) is 5.69 Å². The van der Waals surface area contributed by atoms with Gasteiger partial charge in [-0.1, -0.05) is 6.07 Å². The molecule has 0 fully saturated rings. The maximum atomic E-state index is 10.9. The number of aliphatic imine (C=N–C) groups is 1. The van der Waals surface area contributed by atoms with Crippen LogP contribution in [0.15, 0.2) is 41.4 Å². The van der Waals surface area contributed by atoms with Gasteiger partial charge in [0, 0.05) is 23.4 Å². The van der Waals surface area contributed by atoms with Crippen molar-refractivity contribution in [3.05, 3.63) is 63.2 Å². The lowest BCUT2D eigenvalue weighted by molar-refractivity contribution is -0.384. The van der Waals surface area contributed by atoms with E-state index in [0.29, 0.717) is 11.3 Å². The van der Waals surface area contributed by atoms with Gasteiger partial charge in [-0.15, -0.1) is 24.0 Å². The number of anilines is 1. The number of halogens is 1. The predicted molar refractivity (Wildman–Crippen MR) is 110 cm³/mol. The molecule has 2 rings (SSSR count). The summed E-state index contributed by atoms with van der Waals surface area (Å²) in [4.78, 5) is 14.7. The third-order valence-electron chi connectivity index (χ3n) is 3.39. The molecule has 0 aromatic heterocycles. The number of nitro groups is 1. The van der Waals surface area contributed by atoms with Gasteiger partial charge < -0.3 is 15.8 Å². The van der Waals surface area contributed by atoms with Crippen molar-refractivity contribution in [2.45, 2.75) is 20.4 Å². The Morgan fingerprint density at radius 2 is 1.88 bits per heavy atom. The Morgan fingerprint density at radius 1 is 1.24 bits per heavy atom. The molecule has 0 aliphatic heterocycles. The van der Waals surface area contributed by atoms with E-state index >= 15 is 0 Å². The van der Waals surface area contributed by atoms with Gasteiger partial charge in [-0.3, -0.25) is 10.1 Å². The zero-order chi connectivity index (χ0) is 17.7. The number of rotatable bonds is 5. The number of nitrogens with one attached hydrogen (secondary N) is 1. The van der Waals surface area contributed by atoms with Gasteiger partial charge in [0.1, 0.15) is 5.75 Å². The molecule has 0 spiro atoms. The number of guanidine groups is 1. The van der Waals surface area contributed by atoms with Crippen molar-refractivity contribution in [3.8, 4) is 5.75 Å². The summed E-state index contributed by atoms with van der Waals surface area (Å²) < 4.78 is 5.21. The molecule has 134 valence electrons. The van der Waals surface area contributed by atoms with E-state index < -0.39 is 4.92 Å². The minimum Gasteiger partial charge on any atom is -0.496 e. The Hall–Kier alpha value is -2.36. The van der Waals surface area contributed by atoms with Gasteiger partial charge in [0.2, 0.25) is 0 Å². The van der Waals surface area contributed by atoms with Gasteiger partial charge in [-0.25, -0.2) is 4.99 Å². The SMILES string of the molecule is COc1ccc([N+](=O)[O-])cc1CN=C(N)Nc1cc(C)cc(C)c1.I. The van der Waals surface area contributed by atoms with Crippen molar-refractivity contribution in [2.75, 3.05) is 12.4 Å². The average molecular weight is 456 g/mol. The summed E-state index contributed by atoms with van der Waals surface area (Å²) in [5.74, 6) is 0.761. The van der Waals surface area contributed by atoms with Crippen molar-refractivity contribution in [1.82, 2.24) is 0 Å². The molecular weight excluding hydrogens is 435 g/mol. The van der Waals surface area contributed by atoms with E-state index in [1.165, 1.54) is 19.2 Å². The lowest BCUT2D eigenvalue weighted by Crippen LogP contribution is -2.22. The minimum atomic E-state index is -0.455. The van der Waals surface area contributed by atoms with Crippen LogP contribution in [0.2, 0.25) is 0 Å². The molecule has 3 N–H and O–H groups in total. The lowest BCUT2D eigenvalue weighted by atomic mass is 10.1. The van der Waals surface area contributed by atoms with Crippen LogP contribution in [0.25, 0.3) is 0 Å². The number of nitro benzene ring substituents is 1. The number of aryl methyl sites for hydroxylation is 2. The van der Waals surface area contributed by atoms with Gasteiger partial charge >= 0.3 is 0 Å². The molecule has 0 aliphatic rings. The van der Waals surface area contributed by atoms with Crippen molar-refractivity contribution < 1.29 is 9.66 Å². The Kier molecular flexibility index (Phi) is 7.62. The first-order valence-electron chi connectivity index (χ1n) is 7.35. The molecule has 0 amide bonds. The van der Waals surface area contributed by atoms with Crippen LogP contribution in [0.4, 0.5) is 11.4 Å². The minimum absolute atomic E-state index is 0. The molecule has 0 saturated carbocycles. The molecule has 0 saturated heterocycles. The van der Waals surface area contributed by atoms with Gasteiger partial charge in [0.15, 0.2) is 5.96 Å². The summed E-state index contributed by atoms with van der Waals surface area (Å²) in [6.07, 6.45) is 0. The summed E-state index contributed by atoms with van der Waals surface area (Å²) in [6, 6.07) is 10.4. The van der Waals surface area contributed by atoms with Crippen molar-refractivity contribution >= 4 is 41.3 Å². The van der Waals surface area contributed by atoms with E-state index in [0.717, 1.165) is 16.8 Å². The van der Waals surface area contributed by atoms with Crippen LogP contribution in [0, 0.1) is 24.0 Å². The van der Waals surface area contributed by atoms with Crippen LogP contribution in [-0.4, -0.2) is 18.0 Å². The molecule has 0 atom stereocenters. The Bertz CT molecular complexity index is 773. The second-order valence-electron chi connectivity index (χ2n) is 5.46. The summed E-state index contributed by atoms with van der Waals surface area (Å²) in [7, 11) is 1.51. The van der Waals surface area contributed by atoms with Crippen molar-refractivity contribution in [2.24, 2.45) is 10.7 Å². The molecular formula is C17H21IN4O3. The maximum absolute atomic E-state index is 10.9. The fourth-order valence-corrected chi connectivity index (χ4v) is 2.41. The van der Waals surface area contributed by atoms with E-state index in [4.69, 9.17) is 10.5 Å². The monoisotopic (exact) mass is 456 g/mol. The normalized spacial score (nSPS) is 10.8. The number of hydrogen-bond donors (Lipinski definition) is 2. The first-order valence-corrected chi connectivity index (χ1v) is 7.35. The molecule has 0 bridgehead atoms. The molecule has 0 unspecified atom stereocenters. The van der Waals surface area contributed by atoms with Crippen LogP contribution in [0.5, 0.6) is 5.75 Å². The molecule has 25 heavy (non-hydrogen) atoms. The molecule has 0 heterocycles. The number of ether oxygens (including phenoxy) is 1. The molecule has 2 aromatic carbocycles. The van der Waals surface area contributed by atoms with E-state index in [9.17, 15) is 10.1 Å². The van der Waals surface area contributed by atoms with E-state index in [1.54, 1.807) is 6.07 Å². The standard InChI is InChI=1S/C17H20N4O3.HI/c1-11-6-12(2)8-14(7-11)20-17(18)19-10-13-9-15(21(22)23)4-5-16(13)24-3;/h4-9H,10H2,1-3H3,(H3,18,19,20);1H. The molecule has 7 nitrogen and oxygen atoms in total. The summed E-state index contributed by atoms with van der Waals surface area (Å²) in [5.41, 5.74) is 9.57. The zero-order valence-electron chi connectivity index (χ0n) is 14.3. The second kappa shape index (κ2) is 9.21. The van der Waals surface area contributed by atoms with Crippen LogP contribution in [-0.2, 0) is 6.54 Å². The number of hydrogen-bond acceptors (Lipinski definition) is 4. The zero-order valence-corrected chi connectivity index (χ0v) is 16.6. The second-order valence-corrected chi connectivity index (χ2v) is 5.46. The Labute approximate surface area is 163 Å². The Morgan fingerprint density at radius 3 is 2.44 bits per heavy atom. The number of non-ortho nitro benzene ring substituents is 1. The number of benzene rings is 2. The highest BCUT2D eigenvalue weighted by Gasteiger charge is 2.11. The van der Waals surface area contributed by atoms with Gasteiger partial charge in [-0.05, 0) is 43.2 Å². The van der Waals surface area contributed by atoms with E-state index in [2.05, 4.69) is 16.4 Å². The molecule has 0 aliphatic carbocycles. The van der Waals surface area contributed by atoms with Crippen molar-refractivity contribution in [3.63, 3.8) is 0 Å². The highest BCUT2D eigenvalue weighted by atomic mass is 127. The van der Waals surface area contributed by atoms with E-state index in [-0.39, 0.29) is 42.2 Å². The van der Waals surface area contributed by atoms with Gasteiger partial charge in [0.05, 0.1) is 18.6 Å². The summed E-state index contributed by atoms with van der Waals surface area (Å²) in [6.45, 7) is 4.17. The molecule has 0 radical (unpaired) electrons. The molecule has 8 heteroatoms. The largest absolute Gasteiger partial charge is 0.496 e. The fraction of sp³-hybridized carbons (Fsp3) is 0.235. The topological polar surface area (TPSA) is 103 Å². The first-order chi connectivity index (χ1) is 11.4. The van der Waals surface area contributed by atoms with Crippen LogP contribution >= 0.6 is 24.0 Å². The van der Waals surface area contributed by atoms with Crippen LogP contribution in [0.1, 0.15) is 16.7 Å². The maximum Gasteiger partial charge on any atom is 0.270 e. The van der Waals surface area contributed by atoms with E-state index in [1.807, 2.05) is 26.0 Å². The lowest BCUT2D eigenvalue weighted by Gasteiger charge is -2.09. The van der Waals surface area contributed by atoms with Crippen molar-refractivity contribution in [1.29, 1.82) is 0 Å². The molecule has 2 aromatic rings. The number of methoxy groups -OCH3 is 1. The predicted octanol–water partition coefficient (Wildman–Crippen LogP) is 3.77.